The molecule has 0 fully saturated rings. The number of aromatic amines is 1. The molecule has 0 bridgehead atoms. The summed E-state index contributed by atoms with van der Waals surface area (Å²) in [5.74, 6) is 0.541. The molecule has 5 heteroatoms. The minimum Gasteiger partial charge on any atom is -0.305 e. The summed E-state index contributed by atoms with van der Waals surface area (Å²) in [5, 5.41) is 1.85. The van der Waals surface area contributed by atoms with Crippen LogP contribution in [0.1, 0.15) is 11.3 Å². The molecule has 0 radical (unpaired) electrons. The summed E-state index contributed by atoms with van der Waals surface area (Å²) in [6.45, 7) is 3.58. The Morgan fingerprint density at radius 2 is 2.21 bits per heavy atom. The number of nitrogens with zero attached hydrogens (tertiary/aromatic N) is 2. The first kappa shape index (κ1) is 9.08. The van der Waals surface area contributed by atoms with E-state index in [9.17, 15) is 4.79 Å². The van der Waals surface area contributed by atoms with Crippen molar-refractivity contribution in [2.45, 2.75) is 13.8 Å². The van der Waals surface area contributed by atoms with Gasteiger partial charge in [0.25, 0.3) is 5.56 Å². The van der Waals surface area contributed by atoms with Gasteiger partial charge in [0.15, 0.2) is 5.82 Å². The van der Waals surface area contributed by atoms with Gasteiger partial charge in [0.05, 0.1) is 5.51 Å². The number of aryl methyl sites for hydroxylation is 1. The van der Waals surface area contributed by atoms with E-state index < -0.39 is 0 Å². The number of aromatic nitrogens is 3. The van der Waals surface area contributed by atoms with Crippen molar-refractivity contribution in [3.63, 3.8) is 0 Å². The Balaban J connectivity index is 2.63. The highest BCUT2D eigenvalue weighted by molar-refractivity contribution is 7.07. The van der Waals surface area contributed by atoms with E-state index in [2.05, 4.69) is 15.0 Å². The van der Waals surface area contributed by atoms with Crippen LogP contribution in [0.5, 0.6) is 0 Å². The molecule has 2 aromatic heterocycles. The van der Waals surface area contributed by atoms with Gasteiger partial charge in [0.2, 0.25) is 0 Å². The first-order valence-corrected chi connectivity index (χ1v) is 5.09. The molecule has 0 atom stereocenters. The zero-order valence-electron chi connectivity index (χ0n) is 7.87. The largest absolute Gasteiger partial charge is 0.305 e. The first-order chi connectivity index (χ1) is 6.68. The summed E-state index contributed by atoms with van der Waals surface area (Å²) in [6, 6.07) is 0. The van der Waals surface area contributed by atoms with Gasteiger partial charge in [0, 0.05) is 16.6 Å². The fraction of sp³-hybridized carbons (Fsp3) is 0.222. The van der Waals surface area contributed by atoms with Gasteiger partial charge in [-0.05, 0) is 13.8 Å². The minimum atomic E-state index is -0.0968. The number of thiazole rings is 1. The van der Waals surface area contributed by atoms with Gasteiger partial charge in [-0.3, -0.25) is 4.79 Å². The maximum atomic E-state index is 11.4. The monoisotopic (exact) mass is 207 g/mol. The molecule has 0 amide bonds. The zero-order chi connectivity index (χ0) is 10.1. The molecule has 1 N–H and O–H groups in total. The van der Waals surface area contributed by atoms with E-state index in [1.54, 1.807) is 12.4 Å². The number of hydrogen-bond donors (Lipinski definition) is 1. The van der Waals surface area contributed by atoms with E-state index in [0.717, 1.165) is 11.4 Å². The SMILES string of the molecule is Cc1nc(-c2cscn2)[nH]c(=O)c1C. The molecule has 2 heterocycles. The predicted molar refractivity (Wildman–Crippen MR) is 55.4 cm³/mol. The van der Waals surface area contributed by atoms with E-state index in [1.807, 2.05) is 12.3 Å². The molecular weight excluding hydrogens is 198 g/mol. The predicted octanol–water partition coefficient (Wildman–Crippen LogP) is 1.51. The van der Waals surface area contributed by atoms with Crippen molar-refractivity contribution in [2.75, 3.05) is 0 Å². The van der Waals surface area contributed by atoms with Gasteiger partial charge in [-0.25, -0.2) is 9.97 Å². The molecule has 4 nitrogen and oxygen atoms in total. The Kier molecular flexibility index (Phi) is 2.17. The van der Waals surface area contributed by atoms with E-state index in [-0.39, 0.29) is 5.56 Å². The van der Waals surface area contributed by atoms with Crippen molar-refractivity contribution in [1.29, 1.82) is 0 Å². The van der Waals surface area contributed by atoms with E-state index >= 15 is 0 Å². The Morgan fingerprint density at radius 3 is 2.79 bits per heavy atom. The molecule has 2 rings (SSSR count). The van der Waals surface area contributed by atoms with Crippen molar-refractivity contribution in [3.05, 3.63) is 32.5 Å². The summed E-state index contributed by atoms with van der Waals surface area (Å²) in [4.78, 5) is 22.5. The second-order valence-electron chi connectivity index (χ2n) is 3.00. The van der Waals surface area contributed by atoms with Crippen LogP contribution in [0.3, 0.4) is 0 Å². The second-order valence-corrected chi connectivity index (χ2v) is 3.72. The number of nitrogens with one attached hydrogen (secondary N) is 1. The summed E-state index contributed by atoms with van der Waals surface area (Å²) in [6.07, 6.45) is 0. The molecule has 2 aromatic rings. The van der Waals surface area contributed by atoms with Crippen LogP contribution in [-0.4, -0.2) is 15.0 Å². The van der Waals surface area contributed by atoms with Crippen LogP contribution in [0.25, 0.3) is 11.5 Å². The van der Waals surface area contributed by atoms with Gasteiger partial charge in [-0.1, -0.05) is 0 Å². The van der Waals surface area contributed by atoms with Crippen molar-refractivity contribution in [1.82, 2.24) is 15.0 Å². The van der Waals surface area contributed by atoms with Crippen LogP contribution in [0, 0.1) is 13.8 Å². The highest BCUT2D eigenvalue weighted by atomic mass is 32.1. The average molecular weight is 207 g/mol. The summed E-state index contributed by atoms with van der Waals surface area (Å²) >= 11 is 1.48. The topological polar surface area (TPSA) is 58.6 Å². The molecule has 0 aliphatic rings. The third-order valence-corrected chi connectivity index (χ3v) is 2.66. The highest BCUT2D eigenvalue weighted by Gasteiger charge is 2.06. The van der Waals surface area contributed by atoms with Crippen molar-refractivity contribution in [3.8, 4) is 11.5 Å². The molecule has 0 aromatic carbocycles. The summed E-state index contributed by atoms with van der Waals surface area (Å²) < 4.78 is 0. The van der Waals surface area contributed by atoms with E-state index in [1.165, 1.54) is 11.3 Å². The summed E-state index contributed by atoms with van der Waals surface area (Å²) in [7, 11) is 0. The molecule has 0 spiro atoms. The van der Waals surface area contributed by atoms with Crippen LogP contribution >= 0.6 is 11.3 Å². The standard InChI is InChI=1S/C9H9N3OS/c1-5-6(2)11-8(12-9(5)13)7-3-14-4-10-7/h3-4H,1-2H3,(H,11,12,13). The molecule has 0 saturated heterocycles. The van der Waals surface area contributed by atoms with E-state index in [0.29, 0.717) is 11.4 Å². The lowest BCUT2D eigenvalue weighted by Crippen LogP contribution is -2.14. The normalized spacial score (nSPS) is 10.4. The zero-order valence-corrected chi connectivity index (χ0v) is 8.68. The molecule has 72 valence electrons. The molecule has 14 heavy (non-hydrogen) atoms. The van der Waals surface area contributed by atoms with Crippen LogP contribution in [-0.2, 0) is 0 Å². The van der Waals surface area contributed by atoms with Gasteiger partial charge < -0.3 is 4.98 Å². The molecule has 0 saturated carbocycles. The molecule has 0 aliphatic carbocycles. The second kappa shape index (κ2) is 3.34. The molecule has 0 unspecified atom stereocenters. The lowest BCUT2D eigenvalue weighted by atomic mass is 10.2. The fourth-order valence-corrected chi connectivity index (χ4v) is 1.63. The van der Waals surface area contributed by atoms with Crippen LogP contribution in [0.2, 0.25) is 0 Å². The quantitative estimate of drug-likeness (QED) is 0.771. The maximum absolute atomic E-state index is 11.4. The fourth-order valence-electron chi connectivity index (χ4n) is 1.10. The molecular formula is C9H9N3OS. The highest BCUT2D eigenvalue weighted by Crippen LogP contribution is 2.13. The van der Waals surface area contributed by atoms with Crippen molar-refractivity contribution in [2.24, 2.45) is 0 Å². The molecule has 0 aliphatic heterocycles. The van der Waals surface area contributed by atoms with Crippen molar-refractivity contribution >= 4 is 11.3 Å². The number of rotatable bonds is 1. The Bertz CT molecular complexity index is 501. The van der Waals surface area contributed by atoms with Gasteiger partial charge in [-0.15, -0.1) is 11.3 Å². The van der Waals surface area contributed by atoms with Crippen LogP contribution in [0.15, 0.2) is 15.7 Å². The minimum absolute atomic E-state index is 0.0968. The Morgan fingerprint density at radius 1 is 1.43 bits per heavy atom. The lowest BCUT2D eigenvalue weighted by Gasteiger charge is -2.00. The van der Waals surface area contributed by atoms with Crippen LogP contribution in [0.4, 0.5) is 0 Å². The van der Waals surface area contributed by atoms with Crippen LogP contribution < -0.4 is 5.56 Å². The van der Waals surface area contributed by atoms with E-state index in [4.69, 9.17) is 0 Å². The Hall–Kier alpha value is -1.49. The smallest absolute Gasteiger partial charge is 0.254 e. The van der Waals surface area contributed by atoms with Gasteiger partial charge >= 0.3 is 0 Å². The number of hydrogen-bond acceptors (Lipinski definition) is 4. The third kappa shape index (κ3) is 1.46. The average Bonchev–Trinajstić information content (AvgIpc) is 2.66. The number of H-pyrrole nitrogens is 1. The first-order valence-electron chi connectivity index (χ1n) is 4.14. The summed E-state index contributed by atoms with van der Waals surface area (Å²) in [5.41, 5.74) is 3.74. The Labute approximate surface area is 84.7 Å². The van der Waals surface area contributed by atoms with Gasteiger partial charge in [0.1, 0.15) is 5.69 Å². The van der Waals surface area contributed by atoms with Crippen molar-refractivity contribution < 1.29 is 0 Å². The lowest BCUT2D eigenvalue weighted by molar-refractivity contribution is 1.02. The van der Waals surface area contributed by atoms with Gasteiger partial charge in [-0.2, -0.15) is 0 Å². The third-order valence-electron chi connectivity index (χ3n) is 2.07. The maximum Gasteiger partial charge on any atom is 0.254 e.